The van der Waals surface area contributed by atoms with Crippen LogP contribution in [0.5, 0.6) is 0 Å². The second-order valence-corrected chi connectivity index (χ2v) is 5.32. The Morgan fingerprint density at radius 2 is 2.27 bits per heavy atom. The van der Waals surface area contributed by atoms with Crippen LogP contribution in [0.4, 0.5) is 0 Å². The van der Waals surface area contributed by atoms with Crippen molar-refractivity contribution in [2.45, 2.75) is 36.6 Å². The Kier molecular flexibility index (Phi) is 4.15. The van der Waals surface area contributed by atoms with Gasteiger partial charge in [0, 0.05) is 23.8 Å². The quantitative estimate of drug-likeness (QED) is 0.785. The van der Waals surface area contributed by atoms with Crippen LogP contribution < -0.4 is 0 Å². The lowest BCUT2D eigenvalue weighted by molar-refractivity contribution is 0.104. The zero-order chi connectivity index (χ0) is 10.5. The average molecular weight is 270 g/mol. The largest absolute Gasteiger partial charge is 0.378 e. The van der Waals surface area contributed by atoms with Crippen molar-refractivity contribution in [3.63, 3.8) is 0 Å². The minimum atomic E-state index is 0.469. The lowest BCUT2D eigenvalue weighted by atomic mass is 10.1. The number of pyridine rings is 1. The highest BCUT2D eigenvalue weighted by Crippen LogP contribution is 2.22. The maximum absolute atomic E-state index is 5.62. The van der Waals surface area contributed by atoms with Crippen LogP contribution in [-0.2, 0) is 11.2 Å². The van der Waals surface area contributed by atoms with E-state index in [1.165, 1.54) is 18.4 Å². The number of hydrogen-bond donors (Lipinski definition) is 0. The van der Waals surface area contributed by atoms with E-state index in [0.29, 0.717) is 10.9 Å². The van der Waals surface area contributed by atoms with Crippen molar-refractivity contribution in [2.24, 2.45) is 0 Å². The zero-order valence-electron chi connectivity index (χ0n) is 8.73. The molecule has 1 aliphatic heterocycles. The predicted octanol–water partition coefficient (Wildman–Crippen LogP) is 2.96. The van der Waals surface area contributed by atoms with E-state index < -0.39 is 0 Å². The van der Waals surface area contributed by atoms with Crippen molar-refractivity contribution in [3.05, 3.63) is 30.1 Å². The van der Waals surface area contributed by atoms with Gasteiger partial charge in [0.05, 0.1) is 6.10 Å². The van der Waals surface area contributed by atoms with Gasteiger partial charge in [0.25, 0.3) is 0 Å². The summed E-state index contributed by atoms with van der Waals surface area (Å²) >= 11 is 3.72. The fraction of sp³-hybridized carbons (Fsp3) is 0.583. The Labute approximate surface area is 99.2 Å². The molecule has 0 aliphatic carbocycles. The third-order valence-corrected chi connectivity index (χ3v) is 3.45. The van der Waals surface area contributed by atoms with Crippen molar-refractivity contribution < 1.29 is 4.74 Å². The molecule has 0 aromatic carbocycles. The molecular formula is C12H16BrNO. The Balaban J connectivity index is 1.79. The molecule has 2 unspecified atom stereocenters. The number of rotatable bonds is 4. The number of ether oxygens (including phenoxy) is 1. The average Bonchev–Trinajstić information content (AvgIpc) is 2.71. The molecular weight excluding hydrogens is 254 g/mol. The van der Waals surface area contributed by atoms with Gasteiger partial charge in [0.1, 0.15) is 0 Å². The number of alkyl halides is 1. The van der Waals surface area contributed by atoms with Crippen LogP contribution in [0.2, 0.25) is 0 Å². The first-order chi connectivity index (χ1) is 7.34. The number of aromatic nitrogens is 1. The van der Waals surface area contributed by atoms with Gasteiger partial charge < -0.3 is 4.74 Å². The van der Waals surface area contributed by atoms with E-state index >= 15 is 0 Å². The summed E-state index contributed by atoms with van der Waals surface area (Å²) in [6.07, 6.45) is 8.78. The SMILES string of the molecule is BrC(Cc1ccncc1)CC1CCCO1. The van der Waals surface area contributed by atoms with Crippen LogP contribution in [0.3, 0.4) is 0 Å². The molecule has 0 N–H and O–H groups in total. The highest BCUT2D eigenvalue weighted by atomic mass is 79.9. The molecule has 1 fully saturated rings. The van der Waals surface area contributed by atoms with Gasteiger partial charge in [-0.05, 0) is 43.4 Å². The molecule has 2 nitrogen and oxygen atoms in total. The topological polar surface area (TPSA) is 22.1 Å². The van der Waals surface area contributed by atoms with Gasteiger partial charge in [0.15, 0.2) is 0 Å². The molecule has 0 saturated carbocycles. The summed E-state index contributed by atoms with van der Waals surface area (Å²) in [5.41, 5.74) is 1.34. The van der Waals surface area contributed by atoms with Crippen molar-refractivity contribution in [1.29, 1.82) is 0 Å². The molecule has 2 heterocycles. The summed E-state index contributed by atoms with van der Waals surface area (Å²) in [4.78, 5) is 4.53. The van der Waals surface area contributed by atoms with E-state index in [4.69, 9.17) is 4.74 Å². The molecule has 2 rings (SSSR count). The van der Waals surface area contributed by atoms with Gasteiger partial charge in [-0.2, -0.15) is 0 Å². The lowest BCUT2D eigenvalue weighted by Gasteiger charge is -2.14. The van der Waals surface area contributed by atoms with Gasteiger partial charge in [-0.15, -0.1) is 0 Å². The normalized spacial score (nSPS) is 22.9. The van der Waals surface area contributed by atoms with Crippen LogP contribution in [-0.4, -0.2) is 22.5 Å². The van der Waals surface area contributed by atoms with E-state index in [0.717, 1.165) is 19.4 Å². The second-order valence-electron chi connectivity index (χ2n) is 4.03. The van der Waals surface area contributed by atoms with Crippen LogP contribution in [0.15, 0.2) is 24.5 Å². The van der Waals surface area contributed by atoms with Crippen molar-refractivity contribution >= 4 is 15.9 Å². The maximum atomic E-state index is 5.62. The third kappa shape index (κ3) is 3.58. The summed E-state index contributed by atoms with van der Waals surface area (Å²) in [5, 5.41) is 0. The van der Waals surface area contributed by atoms with Crippen molar-refractivity contribution in [3.8, 4) is 0 Å². The summed E-state index contributed by atoms with van der Waals surface area (Å²) in [6.45, 7) is 0.944. The summed E-state index contributed by atoms with van der Waals surface area (Å²) in [7, 11) is 0. The molecule has 1 aliphatic rings. The first-order valence-corrected chi connectivity index (χ1v) is 6.41. The standard InChI is InChI=1S/C12H16BrNO/c13-11(9-12-2-1-7-15-12)8-10-3-5-14-6-4-10/h3-6,11-12H,1-2,7-9H2. The number of halogens is 1. The second kappa shape index (κ2) is 5.61. The highest BCUT2D eigenvalue weighted by molar-refractivity contribution is 9.09. The Bertz CT molecular complexity index is 285. The van der Waals surface area contributed by atoms with Gasteiger partial charge in [-0.25, -0.2) is 0 Å². The van der Waals surface area contributed by atoms with Gasteiger partial charge >= 0.3 is 0 Å². The first kappa shape index (κ1) is 11.1. The molecule has 2 atom stereocenters. The number of nitrogens with zero attached hydrogens (tertiary/aromatic N) is 1. The van der Waals surface area contributed by atoms with Crippen LogP contribution >= 0.6 is 15.9 Å². The summed E-state index contributed by atoms with van der Waals surface area (Å²) in [5.74, 6) is 0. The van der Waals surface area contributed by atoms with Crippen LogP contribution in [0.1, 0.15) is 24.8 Å². The summed E-state index contributed by atoms with van der Waals surface area (Å²) in [6, 6.07) is 4.15. The lowest BCUT2D eigenvalue weighted by Crippen LogP contribution is -2.14. The van der Waals surface area contributed by atoms with Crippen molar-refractivity contribution in [2.75, 3.05) is 6.61 Å². The fourth-order valence-corrected chi connectivity index (χ4v) is 2.76. The Morgan fingerprint density at radius 3 is 2.93 bits per heavy atom. The van der Waals surface area contributed by atoms with E-state index in [-0.39, 0.29) is 0 Å². The van der Waals surface area contributed by atoms with Crippen LogP contribution in [0.25, 0.3) is 0 Å². The third-order valence-electron chi connectivity index (χ3n) is 2.75. The van der Waals surface area contributed by atoms with E-state index in [2.05, 4.69) is 33.0 Å². The van der Waals surface area contributed by atoms with E-state index in [1.54, 1.807) is 0 Å². The number of hydrogen-bond acceptors (Lipinski definition) is 2. The van der Waals surface area contributed by atoms with Crippen LogP contribution in [0, 0.1) is 0 Å². The molecule has 0 spiro atoms. The molecule has 1 aromatic heterocycles. The molecule has 0 amide bonds. The summed E-state index contributed by atoms with van der Waals surface area (Å²) < 4.78 is 5.62. The van der Waals surface area contributed by atoms with Gasteiger partial charge in [-0.3, -0.25) is 4.98 Å². The minimum absolute atomic E-state index is 0.469. The highest BCUT2D eigenvalue weighted by Gasteiger charge is 2.19. The molecule has 82 valence electrons. The Morgan fingerprint density at radius 1 is 1.47 bits per heavy atom. The predicted molar refractivity (Wildman–Crippen MR) is 64.2 cm³/mol. The van der Waals surface area contributed by atoms with E-state index in [9.17, 15) is 0 Å². The first-order valence-electron chi connectivity index (χ1n) is 5.49. The molecule has 0 radical (unpaired) electrons. The molecule has 1 aromatic rings. The maximum Gasteiger partial charge on any atom is 0.0586 e. The molecule has 15 heavy (non-hydrogen) atoms. The van der Waals surface area contributed by atoms with E-state index in [1.807, 2.05) is 12.4 Å². The zero-order valence-corrected chi connectivity index (χ0v) is 10.3. The monoisotopic (exact) mass is 269 g/mol. The minimum Gasteiger partial charge on any atom is -0.378 e. The van der Waals surface area contributed by atoms with Gasteiger partial charge in [-0.1, -0.05) is 15.9 Å². The molecule has 3 heteroatoms. The molecule has 0 bridgehead atoms. The fourth-order valence-electron chi connectivity index (χ4n) is 1.97. The van der Waals surface area contributed by atoms with Gasteiger partial charge in [0.2, 0.25) is 0 Å². The molecule has 1 saturated heterocycles. The van der Waals surface area contributed by atoms with Crippen molar-refractivity contribution in [1.82, 2.24) is 4.98 Å². The smallest absolute Gasteiger partial charge is 0.0586 e. The Hall–Kier alpha value is -0.410.